The van der Waals surface area contributed by atoms with E-state index in [-0.39, 0.29) is 12.1 Å². The Labute approximate surface area is 142 Å². The average Bonchev–Trinajstić information content (AvgIpc) is 2.48. The van der Waals surface area contributed by atoms with E-state index in [4.69, 9.17) is 16.3 Å². The molecule has 128 valence electrons. The predicted molar refractivity (Wildman–Crippen MR) is 89.3 cm³/mol. The first kappa shape index (κ1) is 17.9. The molecular formula is C16H25ClN4O2. The molecule has 1 atom stereocenters. The second-order valence-corrected chi connectivity index (χ2v) is 7.37. The molecule has 0 aliphatic carbocycles. The molecule has 1 aliphatic rings. The van der Waals surface area contributed by atoms with Crippen molar-refractivity contribution in [2.75, 3.05) is 20.1 Å². The number of carbonyl (C=O) groups is 1. The molecule has 0 aromatic carbocycles. The van der Waals surface area contributed by atoms with Gasteiger partial charge >= 0.3 is 6.09 Å². The summed E-state index contributed by atoms with van der Waals surface area (Å²) < 4.78 is 5.47. The number of hydrogen-bond donors (Lipinski definition) is 0. The van der Waals surface area contributed by atoms with Crippen molar-refractivity contribution >= 4 is 17.7 Å². The van der Waals surface area contributed by atoms with Gasteiger partial charge < -0.3 is 9.64 Å². The number of halogens is 1. The van der Waals surface area contributed by atoms with Crippen molar-refractivity contribution in [2.45, 2.75) is 51.8 Å². The number of likely N-dealkylation sites (tertiary alicyclic amines) is 1. The quantitative estimate of drug-likeness (QED) is 0.846. The maximum Gasteiger partial charge on any atom is 0.410 e. The Morgan fingerprint density at radius 3 is 2.78 bits per heavy atom. The van der Waals surface area contributed by atoms with E-state index in [0.29, 0.717) is 18.2 Å². The first-order valence-corrected chi connectivity index (χ1v) is 8.28. The molecule has 0 radical (unpaired) electrons. The highest BCUT2D eigenvalue weighted by molar-refractivity contribution is 6.29. The Morgan fingerprint density at radius 2 is 2.17 bits per heavy atom. The number of hydrogen-bond acceptors (Lipinski definition) is 5. The maximum atomic E-state index is 12.2. The zero-order valence-corrected chi connectivity index (χ0v) is 15.0. The minimum Gasteiger partial charge on any atom is -0.444 e. The topological polar surface area (TPSA) is 58.6 Å². The van der Waals surface area contributed by atoms with Crippen LogP contribution in [-0.4, -0.2) is 57.9 Å². The van der Waals surface area contributed by atoms with Gasteiger partial charge in [-0.2, -0.15) is 5.10 Å². The molecule has 0 bridgehead atoms. The first-order chi connectivity index (χ1) is 10.7. The summed E-state index contributed by atoms with van der Waals surface area (Å²) in [5.74, 6) is 0. The molecular weight excluding hydrogens is 316 g/mol. The average molecular weight is 341 g/mol. The highest BCUT2D eigenvalue weighted by atomic mass is 35.5. The van der Waals surface area contributed by atoms with Gasteiger partial charge in [0.2, 0.25) is 0 Å². The standard InChI is InChI=1S/C16H25ClN4O2/c1-16(2,3)23-15(22)21-9-5-6-13(11-21)20(4)10-12-7-8-14(17)19-18-12/h7-8,13H,5-6,9-11H2,1-4H3/t13-/m0/s1. The Hall–Kier alpha value is -1.40. The van der Waals surface area contributed by atoms with Crippen LogP contribution in [-0.2, 0) is 11.3 Å². The predicted octanol–water partition coefficient (Wildman–Crippen LogP) is 2.96. The molecule has 0 unspecified atom stereocenters. The van der Waals surface area contributed by atoms with Crippen LogP contribution >= 0.6 is 11.6 Å². The van der Waals surface area contributed by atoms with Crippen molar-refractivity contribution in [1.29, 1.82) is 0 Å². The number of nitrogens with zero attached hydrogens (tertiary/aromatic N) is 4. The minimum absolute atomic E-state index is 0.234. The van der Waals surface area contributed by atoms with E-state index in [1.165, 1.54) is 0 Å². The summed E-state index contributed by atoms with van der Waals surface area (Å²) in [6, 6.07) is 3.90. The van der Waals surface area contributed by atoms with Gasteiger partial charge in [-0.05, 0) is 52.8 Å². The molecule has 0 saturated carbocycles. The van der Waals surface area contributed by atoms with Gasteiger partial charge in [0.15, 0.2) is 5.15 Å². The van der Waals surface area contributed by atoms with Gasteiger partial charge in [-0.15, -0.1) is 5.10 Å². The van der Waals surface area contributed by atoms with Crippen LogP contribution in [0, 0.1) is 0 Å². The van der Waals surface area contributed by atoms with Crippen LogP contribution in [0.2, 0.25) is 5.15 Å². The van der Waals surface area contributed by atoms with Crippen LogP contribution in [0.15, 0.2) is 12.1 Å². The molecule has 0 N–H and O–H groups in total. The van der Waals surface area contributed by atoms with Crippen LogP contribution in [0.4, 0.5) is 4.79 Å². The summed E-state index contributed by atoms with van der Waals surface area (Å²) in [4.78, 5) is 16.2. The van der Waals surface area contributed by atoms with Crippen molar-refractivity contribution in [3.8, 4) is 0 Å². The van der Waals surface area contributed by atoms with Gasteiger partial charge in [-0.1, -0.05) is 11.6 Å². The van der Waals surface area contributed by atoms with E-state index < -0.39 is 5.60 Å². The molecule has 23 heavy (non-hydrogen) atoms. The lowest BCUT2D eigenvalue weighted by atomic mass is 10.0. The van der Waals surface area contributed by atoms with E-state index in [9.17, 15) is 4.79 Å². The molecule has 7 heteroatoms. The summed E-state index contributed by atoms with van der Waals surface area (Å²) in [6.45, 7) is 7.76. The maximum absolute atomic E-state index is 12.2. The smallest absolute Gasteiger partial charge is 0.410 e. The third-order valence-electron chi connectivity index (χ3n) is 3.77. The molecule has 2 heterocycles. The summed E-state index contributed by atoms with van der Waals surface area (Å²) in [5, 5.41) is 8.35. The number of likely N-dealkylation sites (N-methyl/N-ethyl adjacent to an activating group) is 1. The molecule has 1 aromatic heterocycles. The van der Waals surface area contributed by atoms with Crippen molar-refractivity contribution in [1.82, 2.24) is 20.0 Å². The Morgan fingerprint density at radius 1 is 1.43 bits per heavy atom. The number of amides is 1. The van der Waals surface area contributed by atoms with Crippen molar-refractivity contribution in [2.24, 2.45) is 0 Å². The highest BCUT2D eigenvalue weighted by Crippen LogP contribution is 2.19. The van der Waals surface area contributed by atoms with Crippen LogP contribution in [0.5, 0.6) is 0 Å². The van der Waals surface area contributed by atoms with Gasteiger partial charge in [0.25, 0.3) is 0 Å². The fraction of sp³-hybridized carbons (Fsp3) is 0.688. The molecule has 1 saturated heterocycles. The Kier molecular flexibility index (Phi) is 5.81. The monoisotopic (exact) mass is 340 g/mol. The summed E-state index contributed by atoms with van der Waals surface area (Å²) in [6.07, 6.45) is 1.79. The number of ether oxygens (including phenoxy) is 1. The summed E-state index contributed by atoms with van der Waals surface area (Å²) >= 11 is 5.76. The second kappa shape index (κ2) is 7.45. The second-order valence-electron chi connectivity index (χ2n) is 6.98. The van der Waals surface area contributed by atoms with Gasteiger partial charge in [-0.3, -0.25) is 4.90 Å². The number of aromatic nitrogens is 2. The van der Waals surface area contributed by atoms with Crippen LogP contribution < -0.4 is 0 Å². The molecule has 6 nitrogen and oxygen atoms in total. The lowest BCUT2D eigenvalue weighted by Crippen LogP contribution is -2.49. The first-order valence-electron chi connectivity index (χ1n) is 7.91. The number of piperidine rings is 1. The fourth-order valence-electron chi connectivity index (χ4n) is 2.62. The van der Waals surface area contributed by atoms with Gasteiger partial charge in [-0.25, -0.2) is 4.79 Å². The Balaban J connectivity index is 1.92. The normalized spacial score (nSPS) is 19.0. The van der Waals surface area contributed by atoms with Gasteiger partial charge in [0, 0.05) is 25.7 Å². The van der Waals surface area contributed by atoms with E-state index in [1.54, 1.807) is 11.0 Å². The van der Waals surface area contributed by atoms with Crippen LogP contribution in [0.3, 0.4) is 0 Å². The van der Waals surface area contributed by atoms with Gasteiger partial charge in [0.05, 0.1) is 5.69 Å². The molecule has 1 fully saturated rings. The molecule has 1 aromatic rings. The van der Waals surface area contributed by atoms with Crippen LogP contribution in [0.1, 0.15) is 39.3 Å². The molecule has 2 rings (SSSR count). The third kappa shape index (κ3) is 5.62. The van der Waals surface area contributed by atoms with E-state index >= 15 is 0 Å². The SMILES string of the molecule is CN(Cc1ccc(Cl)nn1)[C@H]1CCCN(C(=O)OC(C)(C)C)C1. The minimum atomic E-state index is -0.463. The van der Waals surface area contributed by atoms with Gasteiger partial charge in [0.1, 0.15) is 5.60 Å². The number of rotatable bonds is 3. The zero-order chi connectivity index (χ0) is 17.0. The largest absolute Gasteiger partial charge is 0.444 e. The third-order valence-corrected chi connectivity index (χ3v) is 3.97. The molecule has 1 amide bonds. The lowest BCUT2D eigenvalue weighted by Gasteiger charge is -2.38. The summed E-state index contributed by atoms with van der Waals surface area (Å²) in [5.41, 5.74) is 0.403. The molecule has 0 spiro atoms. The fourth-order valence-corrected chi connectivity index (χ4v) is 2.72. The Bertz CT molecular complexity index is 530. The van der Waals surface area contributed by atoms with E-state index in [2.05, 4.69) is 15.1 Å². The highest BCUT2D eigenvalue weighted by Gasteiger charge is 2.29. The lowest BCUT2D eigenvalue weighted by molar-refractivity contribution is 0.0120. The van der Waals surface area contributed by atoms with Crippen molar-refractivity contribution < 1.29 is 9.53 Å². The van der Waals surface area contributed by atoms with E-state index in [0.717, 1.165) is 25.1 Å². The van der Waals surface area contributed by atoms with E-state index in [1.807, 2.05) is 33.9 Å². The number of carbonyl (C=O) groups excluding carboxylic acids is 1. The zero-order valence-electron chi connectivity index (χ0n) is 14.3. The summed E-state index contributed by atoms with van der Waals surface area (Å²) in [7, 11) is 2.04. The molecule has 1 aliphatic heterocycles. The van der Waals surface area contributed by atoms with Crippen molar-refractivity contribution in [3.05, 3.63) is 23.0 Å². The van der Waals surface area contributed by atoms with Crippen LogP contribution in [0.25, 0.3) is 0 Å². The van der Waals surface area contributed by atoms with Crippen molar-refractivity contribution in [3.63, 3.8) is 0 Å².